The van der Waals surface area contributed by atoms with E-state index in [9.17, 15) is 14.4 Å². The smallest absolute Gasteiger partial charge is 0.289 e. The van der Waals surface area contributed by atoms with Gasteiger partial charge in [-0.1, -0.05) is 0 Å². The standard InChI is InChI=1S/C20H20N4O4/c1-22-13-21-16-12-14(5-6-15(16)19(22)26)18(25)23-7-3-8-24(10-9-23)20(27)17-4-2-11-28-17/h2,4-6,11-13H,3,7-10H2,1H3. The first-order chi connectivity index (χ1) is 13.5. The number of amides is 2. The van der Waals surface area contributed by atoms with Crippen LogP contribution in [0.1, 0.15) is 27.3 Å². The lowest BCUT2D eigenvalue weighted by Gasteiger charge is -2.21. The number of aryl methyl sites for hydroxylation is 1. The van der Waals surface area contributed by atoms with E-state index in [2.05, 4.69) is 4.98 Å². The number of benzene rings is 1. The molecule has 0 atom stereocenters. The van der Waals surface area contributed by atoms with Gasteiger partial charge in [-0.25, -0.2) is 4.98 Å². The van der Waals surface area contributed by atoms with Crippen molar-refractivity contribution in [1.82, 2.24) is 19.4 Å². The van der Waals surface area contributed by atoms with E-state index in [0.29, 0.717) is 54.8 Å². The molecule has 1 saturated heterocycles. The number of carbonyl (C=O) groups is 2. The van der Waals surface area contributed by atoms with Gasteiger partial charge in [-0.3, -0.25) is 14.4 Å². The summed E-state index contributed by atoms with van der Waals surface area (Å²) in [4.78, 5) is 45.2. The summed E-state index contributed by atoms with van der Waals surface area (Å²) in [7, 11) is 1.64. The second-order valence-corrected chi connectivity index (χ2v) is 6.81. The van der Waals surface area contributed by atoms with Crippen molar-refractivity contribution in [3.05, 3.63) is 64.6 Å². The van der Waals surface area contributed by atoms with Gasteiger partial charge >= 0.3 is 0 Å². The molecule has 3 aromatic rings. The Morgan fingerprint density at radius 3 is 2.50 bits per heavy atom. The molecule has 2 amide bonds. The van der Waals surface area contributed by atoms with Crippen molar-refractivity contribution >= 4 is 22.7 Å². The zero-order valence-corrected chi connectivity index (χ0v) is 15.5. The van der Waals surface area contributed by atoms with Gasteiger partial charge in [-0.05, 0) is 36.8 Å². The minimum atomic E-state index is -0.162. The van der Waals surface area contributed by atoms with Crippen LogP contribution in [0.15, 0.2) is 52.1 Å². The molecule has 8 heteroatoms. The molecule has 3 heterocycles. The van der Waals surface area contributed by atoms with Crippen LogP contribution in [0.3, 0.4) is 0 Å². The van der Waals surface area contributed by atoms with E-state index < -0.39 is 0 Å². The van der Waals surface area contributed by atoms with E-state index in [4.69, 9.17) is 4.42 Å². The molecule has 4 rings (SSSR count). The Morgan fingerprint density at radius 2 is 1.79 bits per heavy atom. The van der Waals surface area contributed by atoms with Crippen molar-refractivity contribution in [3.8, 4) is 0 Å². The van der Waals surface area contributed by atoms with E-state index in [-0.39, 0.29) is 17.4 Å². The quantitative estimate of drug-likeness (QED) is 0.672. The van der Waals surface area contributed by atoms with Crippen LogP contribution < -0.4 is 5.56 Å². The van der Waals surface area contributed by atoms with Gasteiger partial charge in [0.05, 0.1) is 23.5 Å². The van der Waals surface area contributed by atoms with Crippen LogP contribution in [0.25, 0.3) is 10.9 Å². The van der Waals surface area contributed by atoms with Gasteiger partial charge in [0.1, 0.15) is 0 Å². The zero-order chi connectivity index (χ0) is 19.7. The van der Waals surface area contributed by atoms with Crippen LogP contribution in [0.2, 0.25) is 0 Å². The molecule has 1 aromatic carbocycles. The molecule has 0 unspecified atom stereocenters. The van der Waals surface area contributed by atoms with Crippen molar-refractivity contribution in [1.29, 1.82) is 0 Å². The van der Waals surface area contributed by atoms with E-state index in [1.165, 1.54) is 17.2 Å². The Labute approximate surface area is 161 Å². The highest BCUT2D eigenvalue weighted by molar-refractivity contribution is 5.97. The van der Waals surface area contributed by atoms with Crippen molar-refractivity contribution in [2.45, 2.75) is 6.42 Å². The van der Waals surface area contributed by atoms with Gasteiger partial charge in [-0.15, -0.1) is 0 Å². The van der Waals surface area contributed by atoms with E-state index in [1.54, 1.807) is 47.2 Å². The molecule has 1 fully saturated rings. The van der Waals surface area contributed by atoms with Crippen LogP contribution in [0, 0.1) is 0 Å². The fourth-order valence-electron chi connectivity index (χ4n) is 3.41. The molecule has 28 heavy (non-hydrogen) atoms. The topological polar surface area (TPSA) is 88.7 Å². The summed E-state index contributed by atoms with van der Waals surface area (Å²) >= 11 is 0. The Balaban J connectivity index is 1.51. The van der Waals surface area contributed by atoms with Crippen molar-refractivity contribution in [2.75, 3.05) is 26.2 Å². The summed E-state index contributed by atoms with van der Waals surface area (Å²) in [6.07, 6.45) is 3.61. The van der Waals surface area contributed by atoms with Crippen LogP contribution in [0.4, 0.5) is 0 Å². The number of hydrogen-bond donors (Lipinski definition) is 0. The lowest BCUT2D eigenvalue weighted by Crippen LogP contribution is -2.37. The van der Waals surface area contributed by atoms with Crippen LogP contribution in [-0.2, 0) is 7.05 Å². The third kappa shape index (κ3) is 3.28. The minimum Gasteiger partial charge on any atom is -0.459 e. The van der Waals surface area contributed by atoms with Crippen LogP contribution >= 0.6 is 0 Å². The Hall–Kier alpha value is -3.42. The molecule has 0 spiro atoms. The number of fused-ring (bicyclic) bond motifs is 1. The van der Waals surface area contributed by atoms with E-state index >= 15 is 0 Å². The van der Waals surface area contributed by atoms with Crippen molar-refractivity contribution in [3.63, 3.8) is 0 Å². The highest BCUT2D eigenvalue weighted by atomic mass is 16.3. The first-order valence-corrected chi connectivity index (χ1v) is 9.12. The molecule has 144 valence electrons. The number of carbonyl (C=O) groups excluding carboxylic acids is 2. The fraction of sp³-hybridized carbons (Fsp3) is 0.300. The predicted molar refractivity (Wildman–Crippen MR) is 102 cm³/mol. The summed E-state index contributed by atoms with van der Waals surface area (Å²) < 4.78 is 6.59. The van der Waals surface area contributed by atoms with Crippen molar-refractivity contribution in [2.24, 2.45) is 7.05 Å². The predicted octanol–water partition coefficient (Wildman–Crippen LogP) is 1.51. The third-order valence-electron chi connectivity index (χ3n) is 4.97. The van der Waals surface area contributed by atoms with Gasteiger partial charge in [-0.2, -0.15) is 0 Å². The number of nitrogens with zero attached hydrogens (tertiary/aromatic N) is 4. The molecule has 1 aliphatic heterocycles. The minimum absolute atomic E-state index is 0.128. The lowest BCUT2D eigenvalue weighted by molar-refractivity contribution is 0.0700. The van der Waals surface area contributed by atoms with Gasteiger partial charge < -0.3 is 18.8 Å². The molecule has 8 nitrogen and oxygen atoms in total. The summed E-state index contributed by atoms with van der Waals surface area (Å²) in [5, 5.41) is 0.479. The SMILES string of the molecule is Cn1cnc2cc(C(=O)N3CCCN(C(=O)c4ccco4)CC3)ccc2c1=O. The Bertz CT molecular complexity index is 1090. The zero-order valence-electron chi connectivity index (χ0n) is 15.5. The van der Waals surface area contributed by atoms with Gasteiger partial charge in [0, 0.05) is 38.8 Å². The number of rotatable bonds is 2. The second kappa shape index (κ2) is 7.30. The maximum absolute atomic E-state index is 12.9. The fourth-order valence-corrected chi connectivity index (χ4v) is 3.41. The summed E-state index contributed by atoms with van der Waals surface area (Å²) in [5.74, 6) is 0.0173. The first-order valence-electron chi connectivity index (χ1n) is 9.12. The second-order valence-electron chi connectivity index (χ2n) is 6.81. The molecular weight excluding hydrogens is 360 g/mol. The normalized spacial score (nSPS) is 14.9. The van der Waals surface area contributed by atoms with Crippen molar-refractivity contribution < 1.29 is 14.0 Å². The Morgan fingerprint density at radius 1 is 1.04 bits per heavy atom. The highest BCUT2D eigenvalue weighted by Gasteiger charge is 2.25. The molecule has 0 bridgehead atoms. The van der Waals surface area contributed by atoms with Gasteiger partial charge in [0.15, 0.2) is 5.76 Å². The molecular formula is C20H20N4O4. The molecule has 1 aliphatic rings. The molecule has 2 aromatic heterocycles. The largest absolute Gasteiger partial charge is 0.459 e. The van der Waals surface area contributed by atoms with Crippen LogP contribution in [-0.4, -0.2) is 57.3 Å². The number of hydrogen-bond acceptors (Lipinski definition) is 5. The molecule has 0 N–H and O–H groups in total. The monoisotopic (exact) mass is 380 g/mol. The highest BCUT2D eigenvalue weighted by Crippen LogP contribution is 2.15. The third-order valence-corrected chi connectivity index (χ3v) is 4.97. The summed E-state index contributed by atoms with van der Waals surface area (Å²) in [5.41, 5.74) is 0.836. The first kappa shape index (κ1) is 18.0. The van der Waals surface area contributed by atoms with Crippen LogP contribution in [0.5, 0.6) is 0 Å². The Kier molecular flexibility index (Phi) is 4.68. The summed E-state index contributed by atoms with van der Waals surface area (Å²) in [6, 6.07) is 8.27. The van der Waals surface area contributed by atoms with E-state index in [1.807, 2.05) is 0 Å². The maximum Gasteiger partial charge on any atom is 0.289 e. The average Bonchev–Trinajstić information content (AvgIpc) is 3.14. The molecule has 0 aliphatic carbocycles. The van der Waals surface area contributed by atoms with E-state index in [0.717, 1.165) is 0 Å². The average molecular weight is 380 g/mol. The molecule has 0 radical (unpaired) electrons. The molecule has 0 saturated carbocycles. The lowest BCUT2D eigenvalue weighted by atomic mass is 10.1. The maximum atomic E-state index is 12.9. The van der Waals surface area contributed by atoms with Gasteiger partial charge in [0.2, 0.25) is 0 Å². The van der Waals surface area contributed by atoms with Gasteiger partial charge in [0.25, 0.3) is 17.4 Å². The number of furan rings is 1. The summed E-state index contributed by atoms with van der Waals surface area (Å²) in [6.45, 7) is 2.01. The number of aromatic nitrogens is 2.